The van der Waals surface area contributed by atoms with Crippen molar-refractivity contribution in [3.05, 3.63) is 42.2 Å². The highest BCUT2D eigenvalue weighted by molar-refractivity contribution is 5.96. The lowest BCUT2D eigenvalue weighted by Gasteiger charge is -2.17. The minimum absolute atomic E-state index is 0.0921. The van der Waals surface area contributed by atoms with Crippen LogP contribution in [0, 0.1) is 0 Å². The second kappa shape index (κ2) is 6.75. The average molecular weight is 303 g/mol. The van der Waals surface area contributed by atoms with E-state index in [2.05, 4.69) is 5.10 Å². The Hall–Kier alpha value is -2.83. The molecule has 1 amide bonds. The molecule has 1 aromatic heterocycles. The molecule has 1 aromatic carbocycles. The van der Waals surface area contributed by atoms with E-state index in [1.165, 1.54) is 16.7 Å². The molecule has 0 fully saturated rings. The third-order valence-electron chi connectivity index (χ3n) is 3.12. The Morgan fingerprint density at radius 2 is 2.00 bits per heavy atom. The summed E-state index contributed by atoms with van der Waals surface area (Å²) in [4.78, 5) is 24.5. The molecule has 7 heteroatoms. The van der Waals surface area contributed by atoms with E-state index in [0.29, 0.717) is 5.75 Å². The predicted molar refractivity (Wildman–Crippen MR) is 79.3 cm³/mol. The van der Waals surface area contributed by atoms with E-state index in [0.717, 1.165) is 5.69 Å². The smallest absolute Gasteiger partial charge is 0.323 e. The normalized spacial score (nSPS) is 10.3. The number of para-hydroxylation sites is 1. The van der Waals surface area contributed by atoms with E-state index < -0.39 is 11.9 Å². The summed E-state index contributed by atoms with van der Waals surface area (Å²) in [5, 5.41) is 13.1. The van der Waals surface area contributed by atoms with Crippen molar-refractivity contribution >= 4 is 11.9 Å². The number of hydrogen-bond acceptors (Lipinski definition) is 4. The zero-order valence-corrected chi connectivity index (χ0v) is 12.4. The third kappa shape index (κ3) is 3.25. The average Bonchev–Trinajstić information content (AvgIpc) is 2.97. The van der Waals surface area contributed by atoms with Crippen molar-refractivity contribution in [3.8, 4) is 11.4 Å². The highest BCUT2D eigenvalue weighted by Gasteiger charge is 2.24. The number of aromatic nitrogens is 2. The molecule has 0 unspecified atom stereocenters. The summed E-state index contributed by atoms with van der Waals surface area (Å²) < 4.78 is 6.72. The fourth-order valence-electron chi connectivity index (χ4n) is 2.01. The van der Waals surface area contributed by atoms with Crippen molar-refractivity contribution < 1.29 is 19.4 Å². The molecule has 0 radical (unpaired) electrons. The molecule has 0 aliphatic heterocycles. The van der Waals surface area contributed by atoms with E-state index in [4.69, 9.17) is 9.84 Å². The van der Waals surface area contributed by atoms with E-state index >= 15 is 0 Å². The lowest BCUT2D eigenvalue weighted by molar-refractivity contribution is -0.137. The van der Waals surface area contributed by atoms with Crippen LogP contribution in [0.5, 0.6) is 5.75 Å². The molecular weight excluding hydrogens is 286 g/mol. The Kier molecular flexibility index (Phi) is 4.77. The first-order valence-corrected chi connectivity index (χ1v) is 6.77. The quantitative estimate of drug-likeness (QED) is 0.872. The SMILES string of the molecule is CCN(CC(=O)O)C(=O)c1nn(-c2ccccc2)cc1OC. The van der Waals surface area contributed by atoms with Gasteiger partial charge in [-0.2, -0.15) is 5.10 Å². The van der Waals surface area contributed by atoms with Gasteiger partial charge < -0.3 is 14.7 Å². The molecule has 2 aromatic rings. The molecule has 0 saturated heterocycles. The van der Waals surface area contributed by atoms with Crippen molar-refractivity contribution in [2.45, 2.75) is 6.92 Å². The van der Waals surface area contributed by atoms with Crippen molar-refractivity contribution in [1.29, 1.82) is 0 Å². The molecule has 22 heavy (non-hydrogen) atoms. The van der Waals surface area contributed by atoms with Crippen LogP contribution in [-0.4, -0.2) is 51.9 Å². The van der Waals surface area contributed by atoms with Gasteiger partial charge in [-0.3, -0.25) is 9.59 Å². The van der Waals surface area contributed by atoms with Crippen molar-refractivity contribution in [2.24, 2.45) is 0 Å². The van der Waals surface area contributed by atoms with E-state index in [9.17, 15) is 9.59 Å². The van der Waals surface area contributed by atoms with Gasteiger partial charge >= 0.3 is 5.97 Å². The fraction of sp³-hybridized carbons (Fsp3) is 0.267. The topological polar surface area (TPSA) is 84.7 Å². The number of rotatable bonds is 6. The standard InChI is InChI=1S/C15H17N3O4/c1-3-17(10-13(19)20)15(21)14-12(22-2)9-18(16-14)11-7-5-4-6-8-11/h4-9H,3,10H2,1-2H3,(H,19,20). The summed E-state index contributed by atoms with van der Waals surface area (Å²) in [5.41, 5.74) is 0.871. The van der Waals surface area contributed by atoms with Gasteiger partial charge in [0.1, 0.15) is 6.54 Å². The maximum absolute atomic E-state index is 12.4. The van der Waals surface area contributed by atoms with E-state index in [1.807, 2.05) is 30.3 Å². The zero-order chi connectivity index (χ0) is 16.1. The van der Waals surface area contributed by atoms with Gasteiger partial charge in [-0.15, -0.1) is 0 Å². The van der Waals surface area contributed by atoms with Gasteiger partial charge in [-0.05, 0) is 19.1 Å². The first-order chi connectivity index (χ1) is 10.6. The van der Waals surface area contributed by atoms with Gasteiger partial charge in [0.05, 0.1) is 19.0 Å². The van der Waals surface area contributed by atoms with Crippen LogP contribution in [0.3, 0.4) is 0 Å². The molecule has 116 valence electrons. The molecular formula is C15H17N3O4. The summed E-state index contributed by atoms with van der Waals surface area (Å²) in [7, 11) is 1.44. The Balaban J connectivity index is 2.36. The van der Waals surface area contributed by atoms with Gasteiger partial charge in [0.25, 0.3) is 5.91 Å². The Morgan fingerprint density at radius 1 is 1.32 bits per heavy atom. The number of methoxy groups -OCH3 is 1. The molecule has 0 bridgehead atoms. The van der Waals surface area contributed by atoms with Crippen molar-refractivity contribution in [3.63, 3.8) is 0 Å². The largest absolute Gasteiger partial charge is 0.493 e. The number of benzene rings is 1. The number of ether oxygens (including phenoxy) is 1. The predicted octanol–water partition coefficient (Wildman–Crippen LogP) is 1.43. The van der Waals surface area contributed by atoms with Crippen LogP contribution in [0.25, 0.3) is 5.69 Å². The van der Waals surface area contributed by atoms with Crippen LogP contribution in [-0.2, 0) is 4.79 Å². The fourth-order valence-corrected chi connectivity index (χ4v) is 2.01. The molecule has 0 aliphatic rings. The van der Waals surface area contributed by atoms with Gasteiger partial charge in [0, 0.05) is 6.54 Å². The third-order valence-corrected chi connectivity index (χ3v) is 3.12. The number of carbonyl (C=O) groups is 2. The molecule has 1 heterocycles. The first kappa shape index (κ1) is 15.6. The van der Waals surface area contributed by atoms with Crippen LogP contribution < -0.4 is 4.74 Å². The van der Waals surface area contributed by atoms with Crippen molar-refractivity contribution in [2.75, 3.05) is 20.2 Å². The number of carboxylic acids is 1. The lowest BCUT2D eigenvalue weighted by Crippen LogP contribution is -2.35. The molecule has 0 saturated carbocycles. The number of carboxylic acid groups (broad SMARTS) is 1. The minimum atomic E-state index is -1.07. The second-order valence-electron chi connectivity index (χ2n) is 4.54. The van der Waals surface area contributed by atoms with Gasteiger partial charge in [0.15, 0.2) is 11.4 Å². The number of aliphatic carboxylic acids is 1. The van der Waals surface area contributed by atoms with Crippen LogP contribution in [0.4, 0.5) is 0 Å². The number of carbonyl (C=O) groups excluding carboxylic acids is 1. The maximum atomic E-state index is 12.4. The summed E-state index contributed by atoms with van der Waals surface area (Å²) in [6.45, 7) is 1.60. The monoisotopic (exact) mass is 303 g/mol. The van der Waals surface area contributed by atoms with Crippen LogP contribution >= 0.6 is 0 Å². The van der Waals surface area contributed by atoms with Crippen LogP contribution in [0.15, 0.2) is 36.5 Å². The van der Waals surface area contributed by atoms with Crippen LogP contribution in [0.2, 0.25) is 0 Å². The lowest BCUT2D eigenvalue weighted by atomic mass is 10.3. The molecule has 0 atom stereocenters. The number of likely N-dealkylation sites (N-methyl/N-ethyl adjacent to an activating group) is 1. The Morgan fingerprint density at radius 3 is 2.55 bits per heavy atom. The number of nitrogens with zero attached hydrogens (tertiary/aromatic N) is 3. The molecule has 0 spiro atoms. The van der Waals surface area contributed by atoms with Gasteiger partial charge in [-0.1, -0.05) is 18.2 Å². The highest BCUT2D eigenvalue weighted by atomic mass is 16.5. The maximum Gasteiger partial charge on any atom is 0.323 e. The summed E-state index contributed by atoms with van der Waals surface area (Å²) in [5.74, 6) is -1.24. The van der Waals surface area contributed by atoms with Crippen molar-refractivity contribution in [1.82, 2.24) is 14.7 Å². The summed E-state index contributed by atoms with van der Waals surface area (Å²) in [6, 6.07) is 9.27. The van der Waals surface area contributed by atoms with Gasteiger partial charge in [0.2, 0.25) is 0 Å². The van der Waals surface area contributed by atoms with Gasteiger partial charge in [-0.25, -0.2) is 4.68 Å². The number of amides is 1. The highest BCUT2D eigenvalue weighted by Crippen LogP contribution is 2.21. The molecule has 7 nitrogen and oxygen atoms in total. The Bertz CT molecular complexity index is 667. The van der Waals surface area contributed by atoms with Crippen LogP contribution in [0.1, 0.15) is 17.4 Å². The number of hydrogen-bond donors (Lipinski definition) is 1. The zero-order valence-electron chi connectivity index (χ0n) is 12.4. The van der Waals surface area contributed by atoms with E-state index in [-0.39, 0.29) is 18.8 Å². The molecule has 1 N–H and O–H groups in total. The summed E-state index contributed by atoms with van der Waals surface area (Å²) >= 11 is 0. The molecule has 2 rings (SSSR count). The second-order valence-corrected chi connectivity index (χ2v) is 4.54. The first-order valence-electron chi connectivity index (χ1n) is 6.77. The minimum Gasteiger partial charge on any atom is -0.493 e. The summed E-state index contributed by atoms with van der Waals surface area (Å²) in [6.07, 6.45) is 1.59. The molecule has 0 aliphatic carbocycles. The van der Waals surface area contributed by atoms with E-state index in [1.54, 1.807) is 13.1 Å². The Labute approximate surface area is 127 Å².